The predicted molar refractivity (Wildman–Crippen MR) is 103 cm³/mol. The topological polar surface area (TPSA) is 57.7 Å². The molecule has 138 valence electrons. The lowest BCUT2D eigenvalue weighted by molar-refractivity contribution is -0.133. The normalized spacial score (nSPS) is 18.0. The minimum atomic E-state index is -3.35. The molecule has 1 amide bonds. The van der Waals surface area contributed by atoms with Crippen LogP contribution in [-0.2, 0) is 21.4 Å². The molecule has 0 N–H and O–H groups in total. The third-order valence-corrected chi connectivity index (χ3v) is 6.06. The van der Waals surface area contributed by atoms with Crippen molar-refractivity contribution in [2.24, 2.45) is 0 Å². The third kappa shape index (κ3) is 4.14. The van der Waals surface area contributed by atoms with Gasteiger partial charge in [-0.1, -0.05) is 54.6 Å². The molecule has 0 spiro atoms. The number of hydrogen-bond donors (Lipinski definition) is 0. The molecule has 0 radical (unpaired) electrons. The number of sulfonamides is 1. The van der Waals surface area contributed by atoms with Gasteiger partial charge in [0.15, 0.2) is 0 Å². The van der Waals surface area contributed by atoms with Crippen molar-refractivity contribution in [3.8, 4) is 11.1 Å². The van der Waals surface area contributed by atoms with Crippen molar-refractivity contribution in [1.82, 2.24) is 9.21 Å². The minimum absolute atomic E-state index is 0.139. The van der Waals surface area contributed by atoms with E-state index >= 15 is 0 Å². The van der Waals surface area contributed by atoms with Gasteiger partial charge in [-0.15, -0.1) is 0 Å². The van der Waals surface area contributed by atoms with Gasteiger partial charge < -0.3 is 4.90 Å². The summed E-state index contributed by atoms with van der Waals surface area (Å²) < 4.78 is 25.0. The Morgan fingerprint density at radius 1 is 1.08 bits per heavy atom. The van der Waals surface area contributed by atoms with Crippen molar-refractivity contribution >= 4 is 15.9 Å². The fourth-order valence-electron chi connectivity index (χ4n) is 3.42. The first-order valence-electron chi connectivity index (χ1n) is 8.72. The van der Waals surface area contributed by atoms with Gasteiger partial charge in [-0.3, -0.25) is 4.79 Å². The Kier molecular flexibility index (Phi) is 5.44. The number of rotatable bonds is 5. The number of amides is 1. The molecule has 0 aliphatic carbocycles. The second-order valence-electron chi connectivity index (χ2n) is 6.79. The zero-order valence-corrected chi connectivity index (χ0v) is 15.9. The van der Waals surface area contributed by atoms with E-state index in [9.17, 15) is 13.2 Å². The number of carbonyl (C=O) groups excluding carboxylic acids is 1. The van der Waals surface area contributed by atoms with Gasteiger partial charge >= 0.3 is 0 Å². The van der Waals surface area contributed by atoms with E-state index in [-0.39, 0.29) is 5.91 Å². The first-order chi connectivity index (χ1) is 12.4. The van der Waals surface area contributed by atoms with Crippen LogP contribution in [0.3, 0.4) is 0 Å². The highest BCUT2D eigenvalue weighted by Crippen LogP contribution is 2.23. The van der Waals surface area contributed by atoms with Crippen LogP contribution in [0, 0.1) is 0 Å². The van der Waals surface area contributed by atoms with E-state index < -0.39 is 16.1 Å². The minimum Gasteiger partial charge on any atom is -0.340 e. The van der Waals surface area contributed by atoms with Crippen molar-refractivity contribution in [2.75, 3.05) is 19.8 Å². The second kappa shape index (κ2) is 7.60. The van der Waals surface area contributed by atoms with E-state index in [1.54, 1.807) is 11.9 Å². The molecule has 1 heterocycles. The molecule has 1 aliphatic rings. The molecule has 1 saturated heterocycles. The molecular weight excluding hydrogens is 348 g/mol. The summed E-state index contributed by atoms with van der Waals surface area (Å²) in [7, 11) is -1.63. The fourth-order valence-corrected chi connectivity index (χ4v) is 4.54. The molecule has 2 aromatic carbocycles. The summed E-state index contributed by atoms with van der Waals surface area (Å²) in [6.07, 6.45) is 2.48. The maximum atomic E-state index is 12.7. The standard InChI is InChI=1S/C20H24N2O3S/c1-21(20(23)19-9-6-14-22(19)26(2,24)25)15-16-10-12-18(13-11-16)17-7-4-3-5-8-17/h3-5,7-8,10-13,19H,6,9,14-15H2,1-2H3. The van der Waals surface area contributed by atoms with Crippen LogP contribution in [0.2, 0.25) is 0 Å². The Morgan fingerprint density at radius 2 is 1.69 bits per heavy atom. The van der Waals surface area contributed by atoms with Crippen molar-refractivity contribution in [1.29, 1.82) is 0 Å². The van der Waals surface area contributed by atoms with Gasteiger partial charge in [0.25, 0.3) is 0 Å². The van der Waals surface area contributed by atoms with Crippen molar-refractivity contribution in [3.63, 3.8) is 0 Å². The number of hydrogen-bond acceptors (Lipinski definition) is 3. The highest BCUT2D eigenvalue weighted by molar-refractivity contribution is 7.88. The average Bonchev–Trinajstić information content (AvgIpc) is 3.12. The number of nitrogens with zero attached hydrogens (tertiary/aromatic N) is 2. The van der Waals surface area contributed by atoms with Crippen LogP contribution in [-0.4, -0.2) is 49.4 Å². The van der Waals surface area contributed by atoms with Crippen LogP contribution < -0.4 is 0 Å². The van der Waals surface area contributed by atoms with Crippen LogP contribution in [0.15, 0.2) is 54.6 Å². The fraction of sp³-hybridized carbons (Fsp3) is 0.350. The predicted octanol–water partition coefficient (Wildman–Crippen LogP) is 2.74. The summed E-state index contributed by atoms with van der Waals surface area (Å²) >= 11 is 0. The van der Waals surface area contributed by atoms with E-state index in [0.717, 1.165) is 23.1 Å². The Labute approximate surface area is 155 Å². The largest absolute Gasteiger partial charge is 0.340 e. The van der Waals surface area contributed by atoms with Crippen LogP contribution in [0.1, 0.15) is 18.4 Å². The van der Waals surface area contributed by atoms with Crippen LogP contribution in [0.5, 0.6) is 0 Å². The molecule has 0 saturated carbocycles. The lowest BCUT2D eigenvalue weighted by atomic mass is 10.0. The highest BCUT2D eigenvalue weighted by atomic mass is 32.2. The van der Waals surface area contributed by atoms with Gasteiger partial charge in [-0.2, -0.15) is 4.31 Å². The Balaban J connectivity index is 1.68. The molecule has 2 aromatic rings. The summed E-state index contributed by atoms with van der Waals surface area (Å²) in [6.45, 7) is 0.886. The summed E-state index contributed by atoms with van der Waals surface area (Å²) in [6, 6.07) is 17.7. The summed E-state index contributed by atoms with van der Waals surface area (Å²) in [5, 5.41) is 0. The van der Waals surface area contributed by atoms with E-state index in [1.807, 2.05) is 42.5 Å². The summed E-state index contributed by atoms with van der Waals surface area (Å²) in [5.74, 6) is -0.139. The molecular formula is C20H24N2O3S. The third-order valence-electron chi connectivity index (χ3n) is 4.77. The maximum absolute atomic E-state index is 12.7. The summed E-state index contributed by atoms with van der Waals surface area (Å²) in [5.41, 5.74) is 3.30. The van der Waals surface area contributed by atoms with E-state index in [0.29, 0.717) is 19.5 Å². The number of carbonyl (C=O) groups is 1. The molecule has 1 unspecified atom stereocenters. The van der Waals surface area contributed by atoms with Gasteiger partial charge in [-0.25, -0.2) is 8.42 Å². The van der Waals surface area contributed by atoms with Gasteiger partial charge in [-0.05, 0) is 29.5 Å². The van der Waals surface area contributed by atoms with E-state index in [1.165, 1.54) is 10.6 Å². The van der Waals surface area contributed by atoms with Crippen molar-refractivity contribution in [3.05, 3.63) is 60.2 Å². The second-order valence-corrected chi connectivity index (χ2v) is 8.72. The molecule has 6 heteroatoms. The Hall–Kier alpha value is -2.18. The molecule has 3 rings (SSSR count). The van der Waals surface area contributed by atoms with Crippen LogP contribution in [0.25, 0.3) is 11.1 Å². The zero-order valence-electron chi connectivity index (χ0n) is 15.1. The van der Waals surface area contributed by atoms with Crippen LogP contribution >= 0.6 is 0 Å². The van der Waals surface area contributed by atoms with Gasteiger partial charge in [0.05, 0.1) is 6.26 Å². The first-order valence-corrected chi connectivity index (χ1v) is 10.6. The van der Waals surface area contributed by atoms with Gasteiger partial charge in [0.1, 0.15) is 6.04 Å². The Bertz CT molecular complexity index is 864. The smallest absolute Gasteiger partial charge is 0.241 e. The van der Waals surface area contributed by atoms with Gasteiger partial charge in [0.2, 0.25) is 15.9 Å². The molecule has 1 atom stereocenters. The lowest BCUT2D eigenvalue weighted by Crippen LogP contribution is -2.45. The molecule has 0 bridgehead atoms. The highest BCUT2D eigenvalue weighted by Gasteiger charge is 2.37. The van der Waals surface area contributed by atoms with E-state index in [4.69, 9.17) is 0 Å². The maximum Gasteiger partial charge on any atom is 0.241 e. The number of likely N-dealkylation sites (N-methyl/N-ethyl adjacent to an activating group) is 1. The summed E-state index contributed by atoms with van der Waals surface area (Å²) in [4.78, 5) is 14.3. The molecule has 26 heavy (non-hydrogen) atoms. The molecule has 1 aliphatic heterocycles. The average molecular weight is 372 g/mol. The Morgan fingerprint density at radius 3 is 2.31 bits per heavy atom. The quantitative estimate of drug-likeness (QED) is 0.811. The molecule has 1 fully saturated rings. The first kappa shape index (κ1) is 18.6. The van der Waals surface area contributed by atoms with Gasteiger partial charge in [0, 0.05) is 20.1 Å². The molecule has 5 nitrogen and oxygen atoms in total. The zero-order chi connectivity index (χ0) is 18.7. The van der Waals surface area contributed by atoms with Crippen molar-refractivity contribution < 1.29 is 13.2 Å². The van der Waals surface area contributed by atoms with Crippen molar-refractivity contribution in [2.45, 2.75) is 25.4 Å². The SMILES string of the molecule is CN(Cc1ccc(-c2ccccc2)cc1)C(=O)C1CCCN1S(C)(=O)=O. The molecule has 0 aromatic heterocycles. The van der Waals surface area contributed by atoms with E-state index in [2.05, 4.69) is 12.1 Å². The number of benzene rings is 2. The van der Waals surface area contributed by atoms with Crippen LogP contribution in [0.4, 0.5) is 0 Å². The lowest BCUT2D eigenvalue weighted by Gasteiger charge is -2.26. The monoisotopic (exact) mass is 372 g/mol.